The summed E-state index contributed by atoms with van der Waals surface area (Å²) in [6, 6.07) is 9.87. The number of nitrogens with one attached hydrogen (secondary N) is 2. The van der Waals surface area contributed by atoms with Gasteiger partial charge < -0.3 is 15.1 Å². The van der Waals surface area contributed by atoms with Gasteiger partial charge in [0, 0.05) is 30.0 Å². The van der Waals surface area contributed by atoms with Gasteiger partial charge in [0.2, 0.25) is 5.89 Å². The summed E-state index contributed by atoms with van der Waals surface area (Å²) in [6.07, 6.45) is 2.54. The van der Waals surface area contributed by atoms with Crippen LogP contribution in [0.4, 0.5) is 0 Å². The first-order valence-electron chi connectivity index (χ1n) is 9.10. The average molecular weight is 384 g/mol. The monoisotopic (exact) mass is 383 g/mol. The minimum Gasteiger partial charge on any atom is -0.444 e. The van der Waals surface area contributed by atoms with Crippen molar-refractivity contribution in [1.82, 2.24) is 20.6 Å². The molecule has 3 aromatic rings. The van der Waals surface area contributed by atoms with Gasteiger partial charge in [-0.15, -0.1) is 11.3 Å². The number of guanidine groups is 1. The van der Waals surface area contributed by atoms with E-state index < -0.39 is 0 Å². The van der Waals surface area contributed by atoms with Crippen LogP contribution < -0.4 is 10.6 Å². The maximum Gasteiger partial charge on any atom is 0.226 e. The van der Waals surface area contributed by atoms with Crippen LogP contribution in [0.25, 0.3) is 11.5 Å². The first-order valence-corrected chi connectivity index (χ1v) is 9.92. The van der Waals surface area contributed by atoms with Crippen LogP contribution in [-0.4, -0.2) is 29.0 Å². The van der Waals surface area contributed by atoms with Gasteiger partial charge in [-0.3, -0.25) is 0 Å². The normalized spacial score (nSPS) is 11.6. The first kappa shape index (κ1) is 19.1. The topological polar surface area (TPSA) is 75.3 Å². The summed E-state index contributed by atoms with van der Waals surface area (Å²) in [4.78, 5) is 15.0. The van der Waals surface area contributed by atoms with Gasteiger partial charge in [-0.05, 0) is 32.9 Å². The summed E-state index contributed by atoms with van der Waals surface area (Å²) >= 11 is 1.76. The van der Waals surface area contributed by atoms with Gasteiger partial charge in [-0.2, -0.15) is 0 Å². The molecule has 0 radical (unpaired) electrons. The van der Waals surface area contributed by atoms with Crippen molar-refractivity contribution in [2.75, 3.05) is 13.1 Å². The van der Waals surface area contributed by atoms with Gasteiger partial charge >= 0.3 is 0 Å². The Morgan fingerprint density at radius 3 is 2.67 bits per heavy atom. The largest absolute Gasteiger partial charge is 0.444 e. The molecular formula is C20H25N5OS. The molecule has 0 saturated carbocycles. The highest BCUT2D eigenvalue weighted by atomic mass is 32.1. The Bertz CT molecular complexity index is 865. The van der Waals surface area contributed by atoms with E-state index in [2.05, 4.69) is 39.4 Å². The second kappa shape index (κ2) is 9.32. The lowest BCUT2D eigenvalue weighted by atomic mass is 10.2. The predicted octanol–water partition coefficient (Wildman–Crippen LogP) is 3.71. The van der Waals surface area contributed by atoms with E-state index in [-0.39, 0.29) is 0 Å². The van der Waals surface area contributed by atoms with Gasteiger partial charge in [0.05, 0.1) is 17.2 Å². The van der Waals surface area contributed by atoms with Crippen molar-refractivity contribution in [3.05, 3.63) is 57.9 Å². The number of aryl methyl sites for hydroxylation is 2. The summed E-state index contributed by atoms with van der Waals surface area (Å²) in [5.41, 5.74) is 2.89. The Balaban J connectivity index is 1.56. The molecule has 0 aliphatic heterocycles. The predicted molar refractivity (Wildman–Crippen MR) is 110 cm³/mol. The van der Waals surface area contributed by atoms with E-state index in [1.165, 1.54) is 4.88 Å². The van der Waals surface area contributed by atoms with Crippen molar-refractivity contribution in [2.24, 2.45) is 4.99 Å². The highest BCUT2D eigenvalue weighted by Crippen LogP contribution is 2.18. The fourth-order valence-electron chi connectivity index (χ4n) is 2.53. The van der Waals surface area contributed by atoms with Crippen molar-refractivity contribution in [3.63, 3.8) is 0 Å². The standard InChI is InChI=1S/C20H25N5OS/c1-4-21-20(22-11-10-18-24-14(2)15(3)27-18)23-12-17-13-26-19(25-17)16-8-6-5-7-9-16/h5-9,13H,4,10-12H2,1-3H3,(H2,21,22,23). The Morgan fingerprint density at radius 2 is 1.96 bits per heavy atom. The number of hydrogen-bond donors (Lipinski definition) is 2. The molecule has 0 fully saturated rings. The number of rotatable bonds is 7. The number of aliphatic imine (C=N–C) groups is 1. The summed E-state index contributed by atoms with van der Waals surface area (Å²) in [6.45, 7) is 8.25. The zero-order chi connectivity index (χ0) is 19.1. The third-order valence-electron chi connectivity index (χ3n) is 4.02. The van der Waals surface area contributed by atoms with Crippen LogP contribution in [0, 0.1) is 13.8 Å². The van der Waals surface area contributed by atoms with Crippen LogP contribution in [-0.2, 0) is 13.0 Å². The molecule has 2 aromatic heterocycles. The first-order chi connectivity index (χ1) is 13.2. The molecule has 0 aliphatic carbocycles. The van der Waals surface area contributed by atoms with Crippen molar-refractivity contribution in [2.45, 2.75) is 33.7 Å². The van der Waals surface area contributed by atoms with Crippen LogP contribution in [0.15, 0.2) is 46.0 Å². The minimum absolute atomic E-state index is 0.459. The van der Waals surface area contributed by atoms with Crippen molar-refractivity contribution in [1.29, 1.82) is 0 Å². The molecule has 6 nitrogen and oxygen atoms in total. The molecule has 2 N–H and O–H groups in total. The van der Waals surface area contributed by atoms with Crippen molar-refractivity contribution < 1.29 is 4.42 Å². The maximum absolute atomic E-state index is 5.57. The Labute approximate surface area is 163 Å². The minimum atomic E-state index is 0.459. The molecule has 142 valence electrons. The van der Waals surface area contributed by atoms with Crippen LogP contribution in [0.1, 0.15) is 28.2 Å². The zero-order valence-electron chi connectivity index (χ0n) is 16.0. The van der Waals surface area contributed by atoms with Gasteiger partial charge in [-0.1, -0.05) is 18.2 Å². The fourth-order valence-corrected chi connectivity index (χ4v) is 3.46. The van der Waals surface area contributed by atoms with E-state index in [0.717, 1.165) is 47.4 Å². The van der Waals surface area contributed by atoms with E-state index in [1.54, 1.807) is 17.6 Å². The molecule has 0 bridgehead atoms. The molecule has 0 amide bonds. The molecule has 0 atom stereocenters. The van der Waals surface area contributed by atoms with Crippen molar-refractivity contribution >= 4 is 17.3 Å². The lowest BCUT2D eigenvalue weighted by Gasteiger charge is -2.10. The van der Waals surface area contributed by atoms with Crippen LogP contribution in [0.3, 0.4) is 0 Å². The van der Waals surface area contributed by atoms with Crippen LogP contribution in [0.5, 0.6) is 0 Å². The van der Waals surface area contributed by atoms with E-state index in [9.17, 15) is 0 Å². The Morgan fingerprint density at radius 1 is 1.15 bits per heavy atom. The third kappa shape index (κ3) is 5.40. The fraction of sp³-hybridized carbons (Fsp3) is 0.350. The number of hydrogen-bond acceptors (Lipinski definition) is 5. The number of nitrogens with zero attached hydrogens (tertiary/aromatic N) is 3. The lowest BCUT2D eigenvalue weighted by molar-refractivity contribution is 0.572. The van der Waals surface area contributed by atoms with Crippen LogP contribution >= 0.6 is 11.3 Å². The molecule has 1 aromatic carbocycles. The highest BCUT2D eigenvalue weighted by Gasteiger charge is 2.07. The third-order valence-corrected chi connectivity index (χ3v) is 5.15. The van der Waals surface area contributed by atoms with E-state index >= 15 is 0 Å². The molecular weight excluding hydrogens is 358 g/mol. The van der Waals surface area contributed by atoms with Crippen molar-refractivity contribution in [3.8, 4) is 11.5 Å². The van der Waals surface area contributed by atoms with Gasteiger partial charge in [-0.25, -0.2) is 15.0 Å². The number of oxazole rings is 1. The number of aromatic nitrogens is 2. The van der Waals surface area contributed by atoms with Crippen LogP contribution in [0.2, 0.25) is 0 Å². The van der Waals surface area contributed by atoms with Gasteiger partial charge in [0.25, 0.3) is 0 Å². The lowest BCUT2D eigenvalue weighted by Crippen LogP contribution is -2.38. The van der Waals surface area contributed by atoms with E-state index in [1.807, 2.05) is 37.3 Å². The van der Waals surface area contributed by atoms with Gasteiger partial charge in [0.15, 0.2) is 5.96 Å². The summed E-state index contributed by atoms with van der Waals surface area (Å²) in [5, 5.41) is 7.76. The van der Waals surface area contributed by atoms with E-state index in [0.29, 0.717) is 12.4 Å². The molecule has 0 aliphatic rings. The molecule has 0 unspecified atom stereocenters. The highest BCUT2D eigenvalue weighted by molar-refractivity contribution is 7.11. The molecule has 7 heteroatoms. The molecule has 0 saturated heterocycles. The Hall–Kier alpha value is -2.67. The quantitative estimate of drug-likeness (QED) is 0.480. The average Bonchev–Trinajstić information content (AvgIpc) is 3.27. The molecule has 27 heavy (non-hydrogen) atoms. The number of thiazole rings is 1. The molecule has 3 rings (SSSR count). The molecule has 0 spiro atoms. The summed E-state index contributed by atoms with van der Waals surface area (Å²) in [7, 11) is 0. The number of benzene rings is 1. The zero-order valence-corrected chi connectivity index (χ0v) is 16.8. The van der Waals surface area contributed by atoms with E-state index in [4.69, 9.17) is 4.42 Å². The SMILES string of the molecule is CCNC(=NCc1coc(-c2ccccc2)n1)NCCc1nc(C)c(C)s1. The maximum atomic E-state index is 5.57. The second-order valence-electron chi connectivity index (χ2n) is 6.13. The summed E-state index contributed by atoms with van der Waals surface area (Å²) < 4.78 is 5.57. The molecule has 2 heterocycles. The second-order valence-corrected chi connectivity index (χ2v) is 7.42. The summed E-state index contributed by atoms with van der Waals surface area (Å²) in [5.74, 6) is 1.39. The van der Waals surface area contributed by atoms with Gasteiger partial charge in [0.1, 0.15) is 12.0 Å². The smallest absolute Gasteiger partial charge is 0.226 e. The Kier molecular flexibility index (Phi) is 6.59.